The van der Waals surface area contributed by atoms with Crippen molar-refractivity contribution in [2.75, 3.05) is 6.26 Å². The van der Waals surface area contributed by atoms with Gasteiger partial charge in [-0.3, -0.25) is 4.79 Å². The van der Waals surface area contributed by atoms with E-state index in [9.17, 15) is 4.79 Å². The summed E-state index contributed by atoms with van der Waals surface area (Å²) in [5, 5.41) is 0.278. The van der Waals surface area contributed by atoms with E-state index in [4.69, 9.17) is 11.6 Å². The molecular weight excluding hydrogens is 296 g/mol. The van der Waals surface area contributed by atoms with Crippen LogP contribution < -0.4 is 0 Å². The first-order valence-corrected chi connectivity index (χ1v) is 7.29. The van der Waals surface area contributed by atoms with Crippen molar-refractivity contribution in [2.45, 2.75) is 22.5 Å². The molecule has 15 heavy (non-hydrogen) atoms. The molecule has 0 saturated heterocycles. The topological polar surface area (TPSA) is 17.1 Å². The Morgan fingerprint density at radius 2 is 2.27 bits per heavy atom. The second-order valence-electron chi connectivity index (χ2n) is 3.15. The van der Waals surface area contributed by atoms with Gasteiger partial charge in [0.25, 0.3) is 0 Å². The van der Waals surface area contributed by atoms with Crippen LogP contribution in [0.25, 0.3) is 0 Å². The summed E-state index contributed by atoms with van der Waals surface area (Å²) >= 11 is 10.8. The van der Waals surface area contributed by atoms with Crippen LogP contribution in [0.2, 0.25) is 0 Å². The Hall–Kier alpha value is 0.01000. The number of Topliss-reactive ketones (excluding diaryl/α,β-unsaturated/α-hetero) is 1. The van der Waals surface area contributed by atoms with Crippen molar-refractivity contribution in [2.24, 2.45) is 0 Å². The van der Waals surface area contributed by atoms with Gasteiger partial charge in [0, 0.05) is 15.8 Å². The Bertz CT molecular complexity index is 366. The third-order valence-electron chi connectivity index (χ3n) is 2.04. The Morgan fingerprint density at radius 1 is 1.60 bits per heavy atom. The van der Waals surface area contributed by atoms with Crippen LogP contribution >= 0.6 is 39.3 Å². The molecule has 0 aliphatic heterocycles. The summed E-state index contributed by atoms with van der Waals surface area (Å²) < 4.78 is 0. The van der Waals surface area contributed by atoms with E-state index in [0.717, 1.165) is 21.4 Å². The molecule has 0 aliphatic carbocycles. The number of rotatable bonds is 4. The van der Waals surface area contributed by atoms with Crippen LogP contribution in [-0.4, -0.2) is 17.4 Å². The second-order valence-corrected chi connectivity index (χ2v) is 5.21. The highest BCUT2D eigenvalue weighted by Crippen LogP contribution is 2.24. The predicted molar refractivity (Wildman–Crippen MR) is 70.5 cm³/mol. The number of carbonyl (C=O) groups is 1. The number of hydrogen-bond donors (Lipinski definition) is 0. The molecule has 1 aromatic carbocycles. The van der Waals surface area contributed by atoms with Crippen molar-refractivity contribution >= 4 is 45.1 Å². The SMILES string of the molecule is CSc1ccc(CBr)cc1C(=O)C(C)Cl. The van der Waals surface area contributed by atoms with Crippen LogP contribution in [0.3, 0.4) is 0 Å². The zero-order valence-corrected chi connectivity index (χ0v) is 11.7. The van der Waals surface area contributed by atoms with E-state index >= 15 is 0 Å². The van der Waals surface area contributed by atoms with Gasteiger partial charge in [-0.1, -0.05) is 22.0 Å². The quantitative estimate of drug-likeness (QED) is 0.473. The standard InChI is InChI=1S/C11H12BrClOS/c1-7(13)11(14)9-5-8(6-12)3-4-10(9)15-2/h3-5,7H,6H2,1-2H3. The predicted octanol–water partition coefficient (Wildman–Crippen LogP) is 4.11. The van der Waals surface area contributed by atoms with E-state index in [2.05, 4.69) is 15.9 Å². The maximum Gasteiger partial charge on any atom is 0.181 e. The largest absolute Gasteiger partial charge is 0.292 e. The maximum atomic E-state index is 11.8. The van der Waals surface area contributed by atoms with Crippen molar-refractivity contribution in [1.82, 2.24) is 0 Å². The molecule has 1 atom stereocenters. The lowest BCUT2D eigenvalue weighted by atomic mass is 10.1. The van der Waals surface area contributed by atoms with E-state index in [1.54, 1.807) is 18.7 Å². The average Bonchev–Trinajstić information content (AvgIpc) is 2.27. The number of alkyl halides is 2. The monoisotopic (exact) mass is 306 g/mol. The van der Waals surface area contributed by atoms with Gasteiger partial charge >= 0.3 is 0 Å². The molecule has 4 heteroatoms. The van der Waals surface area contributed by atoms with Crippen LogP contribution in [0.1, 0.15) is 22.8 Å². The van der Waals surface area contributed by atoms with E-state index in [1.807, 2.05) is 24.5 Å². The summed E-state index contributed by atoms with van der Waals surface area (Å²) in [5.41, 5.74) is 1.82. The smallest absolute Gasteiger partial charge is 0.181 e. The zero-order valence-electron chi connectivity index (χ0n) is 8.59. The zero-order chi connectivity index (χ0) is 11.4. The highest BCUT2D eigenvalue weighted by atomic mass is 79.9. The van der Waals surface area contributed by atoms with E-state index in [-0.39, 0.29) is 5.78 Å². The summed E-state index contributed by atoms with van der Waals surface area (Å²) in [6.45, 7) is 1.70. The molecule has 0 saturated carbocycles. The molecule has 0 fully saturated rings. The minimum absolute atomic E-state index is 0.0104. The minimum Gasteiger partial charge on any atom is -0.292 e. The summed E-state index contributed by atoms with van der Waals surface area (Å²) in [6, 6.07) is 5.88. The highest BCUT2D eigenvalue weighted by Gasteiger charge is 2.16. The summed E-state index contributed by atoms with van der Waals surface area (Å²) in [7, 11) is 0. The molecule has 0 bridgehead atoms. The lowest BCUT2D eigenvalue weighted by Crippen LogP contribution is -2.12. The van der Waals surface area contributed by atoms with Crippen LogP contribution in [0.4, 0.5) is 0 Å². The lowest BCUT2D eigenvalue weighted by molar-refractivity contribution is 0.0989. The molecule has 0 N–H and O–H groups in total. The molecule has 1 nitrogen and oxygen atoms in total. The molecule has 0 radical (unpaired) electrons. The van der Waals surface area contributed by atoms with E-state index in [0.29, 0.717) is 0 Å². The molecule has 1 aromatic rings. The molecule has 0 aliphatic rings. The number of thioether (sulfide) groups is 1. The third kappa shape index (κ3) is 3.23. The number of ketones is 1. The summed E-state index contributed by atoms with van der Waals surface area (Å²) in [5.74, 6) is -0.0104. The fraction of sp³-hybridized carbons (Fsp3) is 0.364. The molecule has 0 spiro atoms. The Labute approximate surface area is 108 Å². The summed E-state index contributed by atoms with van der Waals surface area (Å²) in [6.07, 6.45) is 1.96. The van der Waals surface area contributed by atoms with Gasteiger partial charge in [0.1, 0.15) is 0 Å². The van der Waals surface area contributed by atoms with Gasteiger partial charge in [-0.15, -0.1) is 23.4 Å². The summed E-state index contributed by atoms with van der Waals surface area (Å²) in [4.78, 5) is 12.8. The molecule has 0 aromatic heterocycles. The van der Waals surface area contributed by atoms with Gasteiger partial charge in [0.15, 0.2) is 5.78 Å². The van der Waals surface area contributed by atoms with Crippen molar-refractivity contribution in [3.8, 4) is 0 Å². The van der Waals surface area contributed by atoms with E-state index in [1.165, 1.54) is 0 Å². The van der Waals surface area contributed by atoms with Crippen molar-refractivity contribution in [3.63, 3.8) is 0 Å². The van der Waals surface area contributed by atoms with Gasteiger partial charge < -0.3 is 0 Å². The Morgan fingerprint density at radius 3 is 2.73 bits per heavy atom. The molecular formula is C11H12BrClOS. The minimum atomic E-state index is -0.471. The van der Waals surface area contributed by atoms with Gasteiger partial charge in [-0.25, -0.2) is 0 Å². The highest BCUT2D eigenvalue weighted by molar-refractivity contribution is 9.08. The first kappa shape index (κ1) is 13.1. The molecule has 1 rings (SSSR count). The van der Waals surface area contributed by atoms with Gasteiger partial charge in [-0.2, -0.15) is 0 Å². The molecule has 1 unspecified atom stereocenters. The van der Waals surface area contributed by atoms with Crippen LogP contribution in [0.15, 0.2) is 23.1 Å². The number of carbonyl (C=O) groups excluding carboxylic acids is 1. The molecule has 0 heterocycles. The molecule has 0 amide bonds. The number of hydrogen-bond acceptors (Lipinski definition) is 2. The Balaban J connectivity index is 3.17. The van der Waals surface area contributed by atoms with Gasteiger partial charge in [0.2, 0.25) is 0 Å². The van der Waals surface area contributed by atoms with Crippen molar-refractivity contribution < 1.29 is 4.79 Å². The maximum absolute atomic E-state index is 11.8. The van der Waals surface area contributed by atoms with Gasteiger partial charge in [0.05, 0.1) is 5.38 Å². The van der Waals surface area contributed by atoms with Crippen molar-refractivity contribution in [1.29, 1.82) is 0 Å². The van der Waals surface area contributed by atoms with Crippen LogP contribution in [0, 0.1) is 0 Å². The van der Waals surface area contributed by atoms with E-state index < -0.39 is 5.38 Å². The number of benzene rings is 1. The second kappa shape index (κ2) is 5.92. The van der Waals surface area contributed by atoms with Crippen molar-refractivity contribution in [3.05, 3.63) is 29.3 Å². The normalized spacial score (nSPS) is 12.5. The average molecular weight is 308 g/mol. The third-order valence-corrected chi connectivity index (χ3v) is 3.69. The molecule has 82 valence electrons. The fourth-order valence-corrected chi connectivity index (χ4v) is 2.29. The van der Waals surface area contributed by atoms with Crippen LogP contribution in [0.5, 0.6) is 0 Å². The number of halogens is 2. The van der Waals surface area contributed by atoms with Gasteiger partial charge in [-0.05, 0) is 30.9 Å². The lowest BCUT2D eigenvalue weighted by Gasteiger charge is -2.09. The van der Waals surface area contributed by atoms with Crippen LogP contribution in [-0.2, 0) is 5.33 Å². The first-order valence-electron chi connectivity index (χ1n) is 4.51. The first-order chi connectivity index (χ1) is 7.10. The fourth-order valence-electron chi connectivity index (χ4n) is 1.25. The Kier molecular flexibility index (Phi) is 5.16.